The Kier molecular flexibility index (Phi) is 4.09. The van der Waals surface area contributed by atoms with E-state index in [4.69, 9.17) is 9.66 Å². The summed E-state index contributed by atoms with van der Waals surface area (Å²) in [6, 6.07) is 0. The molecule has 0 aliphatic carbocycles. The molecular formula is C7H12O5S. The Balaban J connectivity index is 4.40. The normalized spacial score (nSPS) is 13.8. The van der Waals surface area contributed by atoms with E-state index in [-0.39, 0.29) is 12.0 Å². The molecule has 6 heteroatoms. The van der Waals surface area contributed by atoms with Crippen LogP contribution in [0, 0.1) is 0 Å². The summed E-state index contributed by atoms with van der Waals surface area (Å²) in [5.41, 5.74) is 0.564. The van der Waals surface area contributed by atoms with Crippen LogP contribution in [0.25, 0.3) is 0 Å². The van der Waals surface area contributed by atoms with E-state index in [1.165, 1.54) is 13.8 Å². The van der Waals surface area contributed by atoms with Crippen molar-refractivity contribution >= 4 is 16.1 Å². The number of hydrogen-bond donors (Lipinski definition) is 2. The SMILES string of the molecule is CC(CCS(=O)(=O)O)=C(C)C(=O)O. The molecule has 0 fully saturated rings. The molecule has 0 aliphatic rings. The first-order valence-corrected chi connectivity index (χ1v) is 5.20. The lowest BCUT2D eigenvalue weighted by Gasteiger charge is -2.01. The number of hydrogen-bond acceptors (Lipinski definition) is 3. The lowest BCUT2D eigenvalue weighted by atomic mass is 10.1. The van der Waals surface area contributed by atoms with E-state index in [0.717, 1.165) is 0 Å². The lowest BCUT2D eigenvalue weighted by molar-refractivity contribution is -0.132. The summed E-state index contributed by atoms with van der Waals surface area (Å²) >= 11 is 0. The van der Waals surface area contributed by atoms with Crippen LogP contribution in [0.2, 0.25) is 0 Å². The zero-order chi connectivity index (χ0) is 10.6. The van der Waals surface area contributed by atoms with Gasteiger partial charge in [-0.3, -0.25) is 4.55 Å². The van der Waals surface area contributed by atoms with Gasteiger partial charge in [0.2, 0.25) is 0 Å². The van der Waals surface area contributed by atoms with Gasteiger partial charge in [-0.1, -0.05) is 5.57 Å². The molecule has 0 atom stereocenters. The third-order valence-electron chi connectivity index (χ3n) is 1.70. The van der Waals surface area contributed by atoms with Gasteiger partial charge in [0.05, 0.1) is 5.75 Å². The second-order valence-corrected chi connectivity index (χ2v) is 4.32. The van der Waals surface area contributed by atoms with Gasteiger partial charge < -0.3 is 5.11 Å². The van der Waals surface area contributed by atoms with Crippen molar-refractivity contribution in [3.05, 3.63) is 11.1 Å². The molecule has 5 nitrogen and oxygen atoms in total. The molecule has 0 bridgehead atoms. The van der Waals surface area contributed by atoms with Gasteiger partial charge in [0.15, 0.2) is 0 Å². The number of carboxylic acids is 1. The van der Waals surface area contributed by atoms with Gasteiger partial charge in [-0.15, -0.1) is 0 Å². The fraction of sp³-hybridized carbons (Fsp3) is 0.571. The van der Waals surface area contributed by atoms with Crippen molar-refractivity contribution in [2.75, 3.05) is 5.75 Å². The fourth-order valence-corrected chi connectivity index (χ4v) is 1.22. The number of carboxylic acid groups (broad SMARTS) is 1. The molecule has 0 saturated heterocycles. The summed E-state index contributed by atoms with van der Waals surface area (Å²) in [5.74, 6) is -1.52. The van der Waals surface area contributed by atoms with Crippen LogP contribution in [0.3, 0.4) is 0 Å². The Hall–Kier alpha value is -0.880. The van der Waals surface area contributed by atoms with E-state index < -0.39 is 21.8 Å². The summed E-state index contributed by atoms with van der Waals surface area (Å²) in [5, 5.41) is 8.51. The van der Waals surface area contributed by atoms with E-state index >= 15 is 0 Å². The third-order valence-corrected chi connectivity index (χ3v) is 2.42. The van der Waals surface area contributed by atoms with E-state index in [2.05, 4.69) is 0 Å². The molecule has 0 unspecified atom stereocenters. The largest absolute Gasteiger partial charge is 0.478 e. The molecule has 0 saturated carbocycles. The van der Waals surface area contributed by atoms with Crippen molar-refractivity contribution < 1.29 is 22.9 Å². The fourth-order valence-electron chi connectivity index (χ4n) is 0.652. The molecule has 0 aromatic rings. The zero-order valence-electron chi connectivity index (χ0n) is 7.44. The third kappa shape index (κ3) is 5.37. The highest BCUT2D eigenvalue weighted by atomic mass is 32.2. The van der Waals surface area contributed by atoms with E-state index in [1.807, 2.05) is 0 Å². The topological polar surface area (TPSA) is 91.7 Å². The molecule has 0 aliphatic heterocycles. The second kappa shape index (κ2) is 4.38. The van der Waals surface area contributed by atoms with Crippen LogP contribution in [0.1, 0.15) is 20.3 Å². The van der Waals surface area contributed by atoms with Crippen molar-refractivity contribution in [3.63, 3.8) is 0 Å². The molecule has 0 rings (SSSR count). The molecule has 0 radical (unpaired) electrons. The Morgan fingerprint density at radius 1 is 1.31 bits per heavy atom. The van der Waals surface area contributed by atoms with Crippen molar-refractivity contribution in [2.45, 2.75) is 20.3 Å². The predicted molar refractivity (Wildman–Crippen MR) is 47.0 cm³/mol. The van der Waals surface area contributed by atoms with Crippen molar-refractivity contribution in [3.8, 4) is 0 Å². The van der Waals surface area contributed by atoms with E-state index in [9.17, 15) is 13.2 Å². The maximum atomic E-state index is 10.4. The minimum absolute atomic E-state index is 0.0387. The Morgan fingerprint density at radius 3 is 2.08 bits per heavy atom. The van der Waals surface area contributed by atoms with Gasteiger partial charge in [0.25, 0.3) is 10.1 Å². The van der Waals surface area contributed by atoms with E-state index in [0.29, 0.717) is 5.57 Å². The Bertz CT molecular complexity index is 325. The van der Waals surface area contributed by atoms with Gasteiger partial charge in [0.1, 0.15) is 0 Å². The molecule has 13 heavy (non-hydrogen) atoms. The molecular weight excluding hydrogens is 196 g/mol. The summed E-state index contributed by atoms with van der Waals surface area (Å²) < 4.78 is 29.0. The van der Waals surface area contributed by atoms with Gasteiger partial charge in [0, 0.05) is 5.57 Å². The second-order valence-electron chi connectivity index (χ2n) is 2.75. The maximum Gasteiger partial charge on any atom is 0.331 e. The quantitative estimate of drug-likeness (QED) is 0.523. The maximum absolute atomic E-state index is 10.4. The summed E-state index contributed by atoms with van der Waals surface area (Å²) in [4.78, 5) is 10.4. The average molecular weight is 208 g/mol. The number of carbonyl (C=O) groups is 1. The smallest absolute Gasteiger partial charge is 0.331 e. The Labute approximate surface area is 76.8 Å². The Morgan fingerprint density at radius 2 is 1.77 bits per heavy atom. The first-order valence-electron chi connectivity index (χ1n) is 3.59. The average Bonchev–Trinajstić information content (AvgIpc) is 1.97. The highest BCUT2D eigenvalue weighted by Gasteiger charge is 2.09. The van der Waals surface area contributed by atoms with Gasteiger partial charge in [-0.2, -0.15) is 8.42 Å². The number of aliphatic carboxylic acids is 1. The number of allylic oxidation sites excluding steroid dienone is 1. The van der Waals surface area contributed by atoms with Crippen molar-refractivity contribution in [2.24, 2.45) is 0 Å². The molecule has 0 amide bonds. The van der Waals surface area contributed by atoms with Gasteiger partial charge in [-0.25, -0.2) is 4.79 Å². The molecule has 76 valence electrons. The minimum Gasteiger partial charge on any atom is -0.478 e. The standard InChI is InChI=1S/C7H12O5S/c1-5(6(2)7(8)9)3-4-13(10,11)12/h3-4H2,1-2H3,(H,8,9)(H,10,11,12). The monoisotopic (exact) mass is 208 g/mol. The molecule has 0 aromatic carbocycles. The first kappa shape index (κ1) is 12.1. The highest BCUT2D eigenvalue weighted by molar-refractivity contribution is 7.85. The summed E-state index contributed by atoms with van der Waals surface area (Å²) in [6.45, 7) is 2.91. The lowest BCUT2D eigenvalue weighted by Crippen LogP contribution is -2.06. The van der Waals surface area contributed by atoms with Crippen LogP contribution in [0.5, 0.6) is 0 Å². The van der Waals surface area contributed by atoms with Crippen LogP contribution >= 0.6 is 0 Å². The van der Waals surface area contributed by atoms with Crippen LogP contribution in [0.4, 0.5) is 0 Å². The minimum atomic E-state index is -4.01. The summed E-state index contributed by atoms with van der Waals surface area (Å²) in [7, 11) is -4.01. The molecule has 2 N–H and O–H groups in total. The van der Waals surface area contributed by atoms with Crippen LogP contribution < -0.4 is 0 Å². The molecule has 0 spiro atoms. The van der Waals surface area contributed by atoms with E-state index in [1.54, 1.807) is 0 Å². The van der Waals surface area contributed by atoms with Crippen molar-refractivity contribution in [1.29, 1.82) is 0 Å². The van der Waals surface area contributed by atoms with Crippen LogP contribution in [0.15, 0.2) is 11.1 Å². The van der Waals surface area contributed by atoms with Crippen molar-refractivity contribution in [1.82, 2.24) is 0 Å². The first-order chi connectivity index (χ1) is 5.74. The molecule has 0 heterocycles. The zero-order valence-corrected chi connectivity index (χ0v) is 8.26. The summed E-state index contributed by atoms with van der Waals surface area (Å²) in [6.07, 6.45) is 0.0387. The van der Waals surface area contributed by atoms with Gasteiger partial charge >= 0.3 is 5.97 Å². The number of rotatable bonds is 4. The molecule has 0 aromatic heterocycles. The van der Waals surface area contributed by atoms with Crippen LogP contribution in [-0.4, -0.2) is 29.8 Å². The predicted octanol–water partition coefficient (Wildman–Crippen LogP) is 0.685. The highest BCUT2D eigenvalue weighted by Crippen LogP contribution is 2.08. The van der Waals surface area contributed by atoms with Crippen LogP contribution in [-0.2, 0) is 14.9 Å². The van der Waals surface area contributed by atoms with Gasteiger partial charge in [-0.05, 0) is 20.3 Å².